The maximum atomic E-state index is 6.39. The van der Waals surface area contributed by atoms with E-state index in [1.807, 2.05) is 0 Å². The van der Waals surface area contributed by atoms with Crippen molar-refractivity contribution < 1.29 is 14.0 Å². The second-order valence-corrected chi connectivity index (χ2v) is 14.3. The predicted molar refractivity (Wildman–Crippen MR) is 200 cm³/mol. The molecule has 1 aliphatic heterocycles. The lowest BCUT2D eigenvalue weighted by atomic mass is 10.1. The highest BCUT2D eigenvalue weighted by molar-refractivity contribution is 4.93. The molecule has 3 nitrogen and oxygen atoms in total. The highest BCUT2D eigenvalue weighted by Gasteiger charge is 2.41. The number of likely N-dealkylation sites (tertiary alicyclic amines) is 1. The summed E-state index contributed by atoms with van der Waals surface area (Å²) >= 11 is 0. The number of nitrogens with zero attached hydrogens (tertiary/aromatic N) is 1. The van der Waals surface area contributed by atoms with Crippen molar-refractivity contribution in [3.05, 3.63) is 48.6 Å². The summed E-state index contributed by atoms with van der Waals surface area (Å²) in [6, 6.07) is 0. The average molecular weight is 629 g/mol. The number of allylic oxidation sites excluding steroid dienone is 8. The van der Waals surface area contributed by atoms with Crippen LogP contribution in [0.2, 0.25) is 0 Å². The molecule has 0 radical (unpaired) electrons. The van der Waals surface area contributed by atoms with Crippen LogP contribution in [0.25, 0.3) is 0 Å². The van der Waals surface area contributed by atoms with Gasteiger partial charge in [-0.05, 0) is 77.0 Å². The number of hydrogen-bond donors (Lipinski definition) is 0. The van der Waals surface area contributed by atoms with Crippen LogP contribution in [-0.4, -0.2) is 57.1 Å². The van der Waals surface area contributed by atoms with E-state index in [0.717, 1.165) is 43.6 Å². The van der Waals surface area contributed by atoms with E-state index >= 15 is 0 Å². The molecule has 3 heteroatoms. The Labute approximate surface area is 282 Å². The lowest BCUT2D eigenvalue weighted by Gasteiger charge is -2.22. The summed E-state index contributed by atoms with van der Waals surface area (Å²) in [4.78, 5) is 0. The summed E-state index contributed by atoms with van der Waals surface area (Å²) in [6.07, 6.45) is 50.3. The summed E-state index contributed by atoms with van der Waals surface area (Å²) in [7, 11) is 4.64. The van der Waals surface area contributed by atoms with Crippen LogP contribution in [0.1, 0.15) is 168 Å². The second kappa shape index (κ2) is 31.4. The van der Waals surface area contributed by atoms with E-state index in [-0.39, 0.29) is 12.2 Å². The van der Waals surface area contributed by atoms with E-state index < -0.39 is 0 Å². The number of likely N-dealkylation sites (N-methyl/N-ethyl adjacent to an activating group) is 1. The van der Waals surface area contributed by atoms with Gasteiger partial charge in [0.05, 0.1) is 14.1 Å². The number of hydrogen-bond acceptors (Lipinski definition) is 2. The molecule has 1 heterocycles. The molecule has 0 N–H and O–H groups in total. The third kappa shape index (κ3) is 27.6. The van der Waals surface area contributed by atoms with E-state index in [1.54, 1.807) is 0 Å². The highest BCUT2D eigenvalue weighted by Crippen LogP contribution is 2.22. The van der Waals surface area contributed by atoms with E-state index in [2.05, 4.69) is 76.6 Å². The number of unbranched alkanes of at least 4 members (excludes halogenated alkanes) is 18. The zero-order valence-corrected chi connectivity index (χ0v) is 30.8. The quantitative estimate of drug-likeness (QED) is 0.0419. The van der Waals surface area contributed by atoms with E-state index in [9.17, 15) is 0 Å². The standard InChI is InChI=1S/C42H78NO2/c1-5-7-9-11-13-15-17-19-21-23-25-27-29-31-33-35-37-44-41-39-43(3,4)40-42(41)45-38-36-34-32-30-28-26-24-22-20-18-16-14-12-10-8-6-2/h13-16,19-22,41-42H,5-12,17-18,23-40H2,1-4H3/q+1/b15-13-,16-14-,21-19-,22-20-/t41-,42?/m1/s1. The first-order valence-electron chi connectivity index (χ1n) is 19.7. The molecule has 0 spiro atoms. The van der Waals surface area contributed by atoms with Gasteiger partial charge in [0.1, 0.15) is 25.3 Å². The normalized spacial score (nSPS) is 18.6. The molecule has 0 amide bonds. The van der Waals surface area contributed by atoms with Crippen molar-refractivity contribution >= 4 is 0 Å². The molecule has 45 heavy (non-hydrogen) atoms. The molecule has 1 unspecified atom stereocenters. The zero-order valence-electron chi connectivity index (χ0n) is 30.8. The molecule has 0 bridgehead atoms. The first kappa shape index (κ1) is 41.9. The summed E-state index contributed by atoms with van der Waals surface area (Å²) in [5, 5.41) is 0. The van der Waals surface area contributed by atoms with Gasteiger partial charge >= 0.3 is 0 Å². The molecule has 262 valence electrons. The molecule has 0 aromatic rings. The molecule has 1 saturated heterocycles. The molecule has 1 aliphatic rings. The molecule has 1 fully saturated rings. The van der Waals surface area contributed by atoms with Gasteiger partial charge in [-0.15, -0.1) is 0 Å². The van der Waals surface area contributed by atoms with Gasteiger partial charge in [0.25, 0.3) is 0 Å². The second-order valence-electron chi connectivity index (χ2n) is 14.3. The number of rotatable bonds is 32. The Balaban J connectivity index is 1.96. The third-order valence-corrected chi connectivity index (χ3v) is 9.12. The Kier molecular flexibility index (Phi) is 29.2. The topological polar surface area (TPSA) is 18.5 Å². The van der Waals surface area contributed by atoms with Crippen molar-refractivity contribution in [1.29, 1.82) is 0 Å². The van der Waals surface area contributed by atoms with Crippen molar-refractivity contribution in [3.63, 3.8) is 0 Å². The van der Waals surface area contributed by atoms with Crippen LogP contribution in [-0.2, 0) is 9.47 Å². The van der Waals surface area contributed by atoms with Crippen LogP contribution in [0, 0.1) is 0 Å². The maximum Gasteiger partial charge on any atom is 0.138 e. The van der Waals surface area contributed by atoms with Gasteiger partial charge in [0, 0.05) is 13.2 Å². The Hall–Kier alpha value is -1.16. The summed E-state index contributed by atoms with van der Waals surface area (Å²) in [5.74, 6) is 0. The maximum absolute atomic E-state index is 6.39. The van der Waals surface area contributed by atoms with Gasteiger partial charge in [-0.3, -0.25) is 0 Å². The Morgan fingerprint density at radius 2 is 0.733 bits per heavy atom. The van der Waals surface area contributed by atoms with E-state index in [0.29, 0.717) is 0 Å². The minimum atomic E-state index is 0.266. The monoisotopic (exact) mass is 629 g/mol. The first-order chi connectivity index (χ1) is 22.1. The van der Waals surface area contributed by atoms with Gasteiger partial charge in [-0.2, -0.15) is 0 Å². The molecule has 2 atom stereocenters. The molecule has 1 rings (SSSR count). The van der Waals surface area contributed by atoms with Crippen molar-refractivity contribution in [2.45, 2.75) is 180 Å². The van der Waals surface area contributed by atoms with Crippen LogP contribution in [0.15, 0.2) is 48.6 Å². The van der Waals surface area contributed by atoms with Gasteiger partial charge in [0.2, 0.25) is 0 Å². The Morgan fingerprint density at radius 3 is 1.09 bits per heavy atom. The van der Waals surface area contributed by atoms with Crippen LogP contribution in [0.3, 0.4) is 0 Å². The average Bonchev–Trinajstić information content (AvgIpc) is 3.32. The SMILES string of the molecule is CCCCC/C=C\C/C=C\CCCCCCCCOC1C[N+](C)(C)C[C@H]1OCCCCCCCC/C=C\C/C=C\CCCCC. The Bertz CT molecular complexity index is 677. The van der Waals surface area contributed by atoms with E-state index in [4.69, 9.17) is 9.47 Å². The summed E-state index contributed by atoms with van der Waals surface area (Å²) in [6.45, 7) is 8.48. The molecule has 0 aromatic heterocycles. The molecule has 0 aromatic carbocycles. The number of quaternary nitrogens is 1. The van der Waals surface area contributed by atoms with Crippen molar-refractivity contribution in [2.75, 3.05) is 40.4 Å². The highest BCUT2D eigenvalue weighted by atomic mass is 16.5. The van der Waals surface area contributed by atoms with Crippen LogP contribution in [0.5, 0.6) is 0 Å². The fraction of sp³-hybridized carbons (Fsp3) is 0.810. The fourth-order valence-electron chi connectivity index (χ4n) is 6.25. The van der Waals surface area contributed by atoms with Crippen LogP contribution >= 0.6 is 0 Å². The lowest BCUT2D eigenvalue weighted by molar-refractivity contribution is -0.880. The minimum absolute atomic E-state index is 0.266. The fourth-order valence-corrected chi connectivity index (χ4v) is 6.25. The summed E-state index contributed by atoms with van der Waals surface area (Å²) < 4.78 is 13.8. The van der Waals surface area contributed by atoms with E-state index in [1.165, 1.54) is 141 Å². The zero-order chi connectivity index (χ0) is 32.5. The number of ether oxygens (including phenoxy) is 2. The smallest absolute Gasteiger partial charge is 0.138 e. The molecular formula is C42H78NO2+. The van der Waals surface area contributed by atoms with Crippen LogP contribution < -0.4 is 0 Å². The Morgan fingerprint density at radius 1 is 0.422 bits per heavy atom. The van der Waals surface area contributed by atoms with Crippen molar-refractivity contribution in [3.8, 4) is 0 Å². The van der Waals surface area contributed by atoms with Crippen molar-refractivity contribution in [1.82, 2.24) is 0 Å². The molecule has 0 saturated carbocycles. The predicted octanol–water partition coefficient (Wildman–Crippen LogP) is 12.5. The minimum Gasteiger partial charge on any atom is -0.369 e. The third-order valence-electron chi connectivity index (χ3n) is 9.12. The summed E-state index contributed by atoms with van der Waals surface area (Å²) in [5.41, 5.74) is 0. The van der Waals surface area contributed by atoms with Crippen molar-refractivity contribution in [2.24, 2.45) is 0 Å². The van der Waals surface area contributed by atoms with Gasteiger partial charge in [-0.25, -0.2) is 0 Å². The molecule has 0 aliphatic carbocycles. The largest absolute Gasteiger partial charge is 0.369 e. The lowest BCUT2D eigenvalue weighted by Crippen LogP contribution is -2.38. The van der Waals surface area contributed by atoms with Gasteiger partial charge < -0.3 is 14.0 Å². The first-order valence-corrected chi connectivity index (χ1v) is 19.7. The molecular weight excluding hydrogens is 550 g/mol. The van der Waals surface area contributed by atoms with Gasteiger partial charge in [-0.1, -0.05) is 140 Å². The van der Waals surface area contributed by atoms with Crippen LogP contribution in [0.4, 0.5) is 0 Å². The van der Waals surface area contributed by atoms with Gasteiger partial charge in [0.15, 0.2) is 0 Å².